The number of aromatic nitrogens is 3. The maximum atomic E-state index is 13.7. The number of allylic oxidation sites excluding steroid dienone is 1. The first-order chi connectivity index (χ1) is 33.3. The molecule has 1 aliphatic carbocycles. The average Bonchev–Trinajstić information content (AvgIpc) is 3.28. The second kappa shape index (κ2) is 26.3. The number of carbonyl (C=O) groups excluding carboxylic acids is 1. The van der Waals surface area contributed by atoms with Crippen molar-refractivity contribution < 1.29 is 195 Å². The van der Waals surface area contributed by atoms with Crippen LogP contribution in [-0.2, 0) is 40.5 Å². The van der Waals surface area contributed by atoms with Crippen molar-refractivity contribution in [1.29, 1.82) is 0 Å². The minimum absolute atomic E-state index is 0. The average molecular weight is 1140 g/mol. The van der Waals surface area contributed by atoms with Crippen LogP contribution in [0.4, 0.5) is 46.3 Å². The van der Waals surface area contributed by atoms with Gasteiger partial charge in [-0.2, -0.15) is 25.2 Å². The fourth-order valence-electron chi connectivity index (χ4n) is 6.69. The second-order valence-electron chi connectivity index (χ2n) is 14.6. The maximum Gasteiger partial charge on any atom is 1.00 e. The molecule has 0 unspecified atom stereocenters. The fraction of sp³-hybridized carbons (Fsp3) is 0.125. The Morgan fingerprint density at radius 3 is 1.81 bits per heavy atom. The number of phenols is 1. The molecule has 1 aliphatic rings. The number of benzene rings is 5. The zero-order valence-electron chi connectivity index (χ0n) is 40.3. The molecule has 6 N–H and O–H groups in total. The van der Waals surface area contributed by atoms with Gasteiger partial charge in [-0.3, -0.25) is 10.2 Å². The summed E-state index contributed by atoms with van der Waals surface area (Å²) in [5.41, 5.74) is 1.46. The molecule has 0 saturated heterocycles. The molecule has 5 aromatic carbocycles. The number of aromatic hydroxyl groups is 1. The van der Waals surface area contributed by atoms with Crippen LogP contribution in [-0.4, -0.2) is 116 Å². The number of nitrogens with zero attached hydrogens (tertiary/aromatic N) is 6. The summed E-state index contributed by atoms with van der Waals surface area (Å²) in [6, 6.07) is 12.7. The Morgan fingerprint density at radius 2 is 1.23 bits per heavy atom. The van der Waals surface area contributed by atoms with Gasteiger partial charge in [-0.25, -0.2) is 33.7 Å². The topological polar surface area (TPSA) is 429 Å². The molecule has 0 spiro atoms. The summed E-state index contributed by atoms with van der Waals surface area (Å²) in [5, 5.41) is 40.3. The van der Waals surface area contributed by atoms with Gasteiger partial charge in [0.25, 0.3) is 0 Å². The van der Waals surface area contributed by atoms with E-state index in [-0.39, 0.29) is 211 Å². The van der Waals surface area contributed by atoms with Gasteiger partial charge < -0.3 is 53.8 Å². The molecule has 0 saturated carbocycles. The van der Waals surface area contributed by atoms with Gasteiger partial charge in [0, 0.05) is 23.9 Å². The Hall–Kier alpha value is -3.75. The van der Waals surface area contributed by atoms with E-state index in [4.69, 9.17) is 9.47 Å². The number of anilines is 6. The molecular formula is C40H32N10Na4O17S4. The maximum absolute atomic E-state index is 13.7. The van der Waals surface area contributed by atoms with Crippen molar-refractivity contribution in [2.24, 2.45) is 15.3 Å². The molecule has 0 atom stereocenters. The number of phenolic OH excluding ortho intramolecular Hbond substituents is 1. The number of fused-ring (bicyclic) bond motifs is 2. The predicted molar refractivity (Wildman–Crippen MR) is 246 cm³/mol. The van der Waals surface area contributed by atoms with Crippen LogP contribution in [0.3, 0.4) is 0 Å². The van der Waals surface area contributed by atoms with Crippen LogP contribution in [0.2, 0.25) is 0 Å². The number of ketones is 1. The molecule has 0 bridgehead atoms. The molecule has 1 aromatic heterocycles. The molecule has 27 nitrogen and oxygen atoms in total. The molecule has 0 amide bonds. The van der Waals surface area contributed by atoms with E-state index >= 15 is 0 Å². The minimum Gasteiger partial charge on any atom is -0.744 e. The number of carbonyl (C=O) groups is 1. The van der Waals surface area contributed by atoms with E-state index in [0.717, 1.165) is 42.5 Å². The standard InChI is InChI=1S/C40H36N10O17S4.4Na/c1-19-10-28(33(67-3)18-27(19)47-49-30-16-24(69(57,58)59)12-21-13-25(70(60,61)62)17-31(52)35(21)30)43-40-45-38(41-8-9-51)44-39(46-40)42-22-4-6-26-20(11-22)14-34(71(63,64)65)36(37(26)53)50-48-29-15-23(68(54,55)56)5-7-32(29)66-2;;;;/h4-7,10-18,48,51-52H,8-9H2,1-3H3,(H,54,55,56)(H,57,58,59)(H,60,61,62)(H,63,64,65)(H3,41,42,43,44,45,46);;;;/q;4*+1/p-4/b49-47?,50-36-;;;;. The Bertz CT molecular complexity index is 3780. The van der Waals surface area contributed by atoms with Crippen LogP contribution in [0.1, 0.15) is 21.5 Å². The molecule has 1 heterocycles. The number of hydrogen-bond acceptors (Lipinski definition) is 27. The summed E-state index contributed by atoms with van der Waals surface area (Å²) in [7, 11) is -18.2. The number of rotatable bonds is 17. The molecule has 0 fully saturated rings. The van der Waals surface area contributed by atoms with Gasteiger partial charge in [0.15, 0.2) is 0 Å². The van der Waals surface area contributed by atoms with E-state index in [0.29, 0.717) is 11.6 Å². The first kappa shape index (κ1) is 65.5. The van der Waals surface area contributed by atoms with Gasteiger partial charge >= 0.3 is 118 Å². The number of methoxy groups -OCH3 is 2. The first-order valence-electron chi connectivity index (χ1n) is 19.6. The number of hydrogen-bond donors (Lipinski definition) is 6. The van der Waals surface area contributed by atoms with Gasteiger partial charge in [-0.05, 0) is 96.2 Å². The third-order valence-electron chi connectivity index (χ3n) is 9.90. The Balaban J connectivity index is 0.00000371. The van der Waals surface area contributed by atoms with Gasteiger partial charge in [0.1, 0.15) is 63.4 Å². The SMILES string of the molecule is COc1ccc(S(=O)(=O)[O-])cc1N/N=C1\C(=O)c2ccc(Nc3nc(NCCO)nc(Nc4cc(C)c(N=Nc5cc(S(=O)(=O)[O-])cc6cc(S(=O)(=O)[O-])cc(O)c56)cc4OC)n3)cc2C=C1S(=O)(=O)[O-].[Na+].[Na+].[Na+].[Na+]. The largest absolute Gasteiger partial charge is 1.00 e. The second-order valence-corrected chi connectivity index (χ2v) is 20.1. The Morgan fingerprint density at radius 1 is 0.640 bits per heavy atom. The first-order valence-corrected chi connectivity index (χ1v) is 25.2. The van der Waals surface area contributed by atoms with E-state index in [1.165, 1.54) is 44.6 Å². The van der Waals surface area contributed by atoms with E-state index < -0.39 is 77.3 Å². The fourth-order valence-corrected chi connectivity index (χ4v) is 8.88. The van der Waals surface area contributed by atoms with Crippen molar-refractivity contribution in [3.05, 3.63) is 94.4 Å². The number of aryl methyl sites for hydroxylation is 1. The number of ether oxygens (including phenoxy) is 2. The molecular weight excluding hydrogens is 1110 g/mol. The summed E-state index contributed by atoms with van der Waals surface area (Å²) >= 11 is 0. The number of azo groups is 1. The van der Waals surface area contributed by atoms with E-state index in [1.807, 2.05) is 0 Å². The summed E-state index contributed by atoms with van der Waals surface area (Å²) in [4.78, 5) is 23.1. The van der Waals surface area contributed by atoms with Gasteiger partial charge in [0.2, 0.25) is 23.6 Å². The summed E-state index contributed by atoms with van der Waals surface area (Å²) in [6.45, 7) is 1.22. The van der Waals surface area contributed by atoms with E-state index in [1.54, 1.807) is 6.92 Å². The zero-order chi connectivity index (χ0) is 51.8. The van der Waals surface area contributed by atoms with Crippen molar-refractivity contribution in [1.82, 2.24) is 15.0 Å². The third kappa shape index (κ3) is 15.7. The number of nitrogens with one attached hydrogen (secondary N) is 4. The van der Waals surface area contributed by atoms with Gasteiger partial charge in [-0.1, -0.05) is 0 Å². The van der Waals surface area contributed by atoms with Crippen LogP contribution < -0.4 is 149 Å². The summed E-state index contributed by atoms with van der Waals surface area (Å²) in [6.07, 6.45) is 0.882. The molecule has 75 heavy (non-hydrogen) atoms. The van der Waals surface area contributed by atoms with Crippen molar-refractivity contribution in [3.63, 3.8) is 0 Å². The molecule has 7 rings (SSSR count). The Kier molecular flexibility index (Phi) is 23.0. The van der Waals surface area contributed by atoms with Crippen LogP contribution in [0, 0.1) is 6.92 Å². The number of aliphatic hydroxyl groups excluding tert-OH is 1. The zero-order valence-corrected chi connectivity index (χ0v) is 51.5. The van der Waals surface area contributed by atoms with Gasteiger partial charge in [0.05, 0.1) is 68.6 Å². The van der Waals surface area contributed by atoms with Crippen LogP contribution in [0.25, 0.3) is 16.8 Å². The van der Waals surface area contributed by atoms with Crippen molar-refractivity contribution >= 4 is 115 Å². The van der Waals surface area contributed by atoms with E-state index in [9.17, 15) is 66.9 Å². The summed E-state index contributed by atoms with van der Waals surface area (Å²) < 4.78 is 154. The molecule has 35 heteroatoms. The minimum atomic E-state index is -5.41. The normalized spacial score (nSPS) is 13.0. The number of Topliss-reactive ketones (excluding diaryl/α,β-unsaturated/α-hetero) is 1. The molecule has 6 aromatic rings. The quantitative estimate of drug-likeness (QED) is 0.0214. The van der Waals surface area contributed by atoms with E-state index in [2.05, 4.69) is 51.7 Å². The van der Waals surface area contributed by atoms with Gasteiger partial charge in [-0.15, -0.1) is 5.11 Å². The molecule has 372 valence electrons. The summed E-state index contributed by atoms with van der Waals surface area (Å²) in [5.74, 6) is -2.15. The number of aliphatic hydroxyl groups is 1. The Labute approximate surface area is 515 Å². The van der Waals surface area contributed by atoms with Crippen molar-refractivity contribution in [3.8, 4) is 17.2 Å². The monoisotopic (exact) mass is 1140 g/mol. The van der Waals surface area contributed by atoms with Crippen LogP contribution in [0.5, 0.6) is 17.2 Å². The molecule has 0 aliphatic heterocycles. The van der Waals surface area contributed by atoms with Crippen LogP contribution in [0.15, 0.2) is 108 Å². The molecule has 0 radical (unpaired) electrons. The number of hydrazone groups is 1. The van der Waals surface area contributed by atoms with Crippen molar-refractivity contribution in [2.75, 3.05) is 48.7 Å². The smallest absolute Gasteiger partial charge is 0.744 e. The third-order valence-corrected chi connectivity index (χ3v) is 13.2. The predicted octanol–water partition coefficient (Wildman–Crippen LogP) is -8.36. The van der Waals surface area contributed by atoms with Crippen LogP contribution >= 0.6 is 0 Å². The van der Waals surface area contributed by atoms with Crippen molar-refractivity contribution in [2.45, 2.75) is 21.6 Å².